The van der Waals surface area contributed by atoms with E-state index < -0.39 is 0 Å². The summed E-state index contributed by atoms with van der Waals surface area (Å²) in [5.74, 6) is 0.492. The van der Waals surface area contributed by atoms with E-state index in [-0.39, 0.29) is 17.0 Å². The van der Waals surface area contributed by atoms with Gasteiger partial charge in [-0.05, 0) is 69.3 Å². The molecule has 0 bridgehead atoms. The van der Waals surface area contributed by atoms with Crippen molar-refractivity contribution < 1.29 is 9.18 Å². The van der Waals surface area contributed by atoms with E-state index in [0.717, 1.165) is 30.3 Å². The minimum Gasteiger partial charge on any atom is -0.315 e. The smallest absolute Gasteiger partial charge is 0.240 e. The molecule has 4 rings (SSSR count). The summed E-state index contributed by atoms with van der Waals surface area (Å²) >= 11 is 1.37. The second-order valence-corrected chi connectivity index (χ2v) is 9.35. The third kappa shape index (κ3) is 5.19. The molecule has 2 heterocycles. The van der Waals surface area contributed by atoms with Crippen molar-refractivity contribution in [2.45, 2.75) is 43.1 Å². The van der Waals surface area contributed by atoms with E-state index in [4.69, 9.17) is 0 Å². The Morgan fingerprint density at radius 2 is 1.75 bits per heavy atom. The van der Waals surface area contributed by atoms with Gasteiger partial charge in [0.25, 0.3) is 0 Å². The lowest BCUT2D eigenvalue weighted by Crippen LogP contribution is -2.33. The van der Waals surface area contributed by atoms with Crippen molar-refractivity contribution in [1.82, 2.24) is 19.7 Å². The first-order valence-electron chi connectivity index (χ1n) is 10.9. The fraction of sp³-hybridized carbons (Fsp3) is 0.375. The van der Waals surface area contributed by atoms with Crippen LogP contribution in [0.3, 0.4) is 0 Å². The maximum Gasteiger partial charge on any atom is 0.240 e. The number of nitrogens with zero attached hydrogens (tertiary/aromatic N) is 5. The molecule has 6 nitrogen and oxygen atoms in total. The molecule has 2 aromatic carbocycles. The monoisotopic (exact) mass is 453 g/mol. The van der Waals surface area contributed by atoms with Crippen molar-refractivity contribution in [1.29, 1.82) is 0 Å². The van der Waals surface area contributed by atoms with Gasteiger partial charge in [0, 0.05) is 18.4 Å². The molecule has 1 aliphatic heterocycles. The van der Waals surface area contributed by atoms with Crippen molar-refractivity contribution in [3.05, 3.63) is 66.2 Å². The molecule has 0 aliphatic carbocycles. The van der Waals surface area contributed by atoms with E-state index in [0.29, 0.717) is 11.7 Å². The van der Waals surface area contributed by atoms with Crippen LogP contribution in [-0.4, -0.2) is 51.0 Å². The third-order valence-electron chi connectivity index (χ3n) is 5.70. The highest BCUT2D eigenvalue weighted by molar-refractivity contribution is 8.00. The molecule has 1 amide bonds. The fourth-order valence-corrected chi connectivity index (χ4v) is 4.89. The van der Waals surface area contributed by atoms with Gasteiger partial charge in [-0.1, -0.05) is 36.4 Å². The van der Waals surface area contributed by atoms with Crippen molar-refractivity contribution in [2.24, 2.45) is 0 Å². The van der Waals surface area contributed by atoms with E-state index in [1.165, 1.54) is 43.2 Å². The van der Waals surface area contributed by atoms with E-state index in [9.17, 15) is 9.18 Å². The van der Waals surface area contributed by atoms with Gasteiger partial charge in [0.15, 0.2) is 11.0 Å². The van der Waals surface area contributed by atoms with Gasteiger partial charge in [-0.15, -0.1) is 10.2 Å². The maximum atomic E-state index is 13.6. The van der Waals surface area contributed by atoms with Gasteiger partial charge < -0.3 is 4.90 Å². The van der Waals surface area contributed by atoms with Crippen LogP contribution >= 0.6 is 11.8 Å². The van der Waals surface area contributed by atoms with Crippen LogP contribution < -0.4 is 4.90 Å². The predicted molar refractivity (Wildman–Crippen MR) is 126 cm³/mol. The SMILES string of the molecule is CC(Sc1nnc(CN2CCCCC2)n1-c1ccc(F)cc1)C(=O)N(C)c1ccccc1. The molecular formula is C24H28FN5OS. The van der Waals surface area contributed by atoms with Gasteiger partial charge in [-0.2, -0.15) is 0 Å². The first-order chi connectivity index (χ1) is 15.5. The van der Waals surface area contributed by atoms with Crippen LogP contribution in [0, 0.1) is 5.82 Å². The third-order valence-corrected chi connectivity index (χ3v) is 6.73. The Balaban J connectivity index is 1.58. The van der Waals surface area contributed by atoms with Gasteiger partial charge in [-0.3, -0.25) is 14.3 Å². The summed E-state index contributed by atoms with van der Waals surface area (Å²) in [7, 11) is 1.78. The van der Waals surface area contributed by atoms with Gasteiger partial charge in [0.05, 0.1) is 11.8 Å². The number of carbonyl (C=O) groups is 1. The fourth-order valence-electron chi connectivity index (χ4n) is 3.91. The topological polar surface area (TPSA) is 54.3 Å². The first kappa shape index (κ1) is 22.5. The number of benzene rings is 2. The van der Waals surface area contributed by atoms with E-state index >= 15 is 0 Å². The largest absolute Gasteiger partial charge is 0.315 e. The molecule has 168 valence electrons. The van der Waals surface area contributed by atoms with E-state index in [1.807, 2.05) is 41.8 Å². The van der Waals surface area contributed by atoms with Crippen LogP contribution in [0.5, 0.6) is 0 Å². The number of hydrogen-bond acceptors (Lipinski definition) is 5. The Labute approximate surface area is 192 Å². The molecule has 1 atom stereocenters. The average molecular weight is 454 g/mol. The molecule has 1 fully saturated rings. The lowest BCUT2D eigenvalue weighted by atomic mass is 10.1. The zero-order chi connectivity index (χ0) is 22.5. The first-order valence-corrected chi connectivity index (χ1v) is 11.8. The Bertz CT molecular complexity index is 1030. The highest BCUT2D eigenvalue weighted by atomic mass is 32.2. The van der Waals surface area contributed by atoms with Crippen LogP contribution in [0.1, 0.15) is 32.0 Å². The lowest BCUT2D eigenvalue weighted by molar-refractivity contribution is -0.117. The standard InChI is InChI=1S/C24H28FN5OS/c1-18(23(31)28(2)20-9-5-3-6-10-20)32-24-27-26-22(17-29-15-7-4-8-16-29)30(24)21-13-11-19(25)12-14-21/h3,5-6,9-14,18H,4,7-8,15-17H2,1-2H3. The van der Waals surface area contributed by atoms with Crippen molar-refractivity contribution in [3.63, 3.8) is 0 Å². The number of aromatic nitrogens is 3. The molecule has 0 radical (unpaired) electrons. The number of anilines is 1. The summed E-state index contributed by atoms with van der Waals surface area (Å²) in [4.78, 5) is 17.1. The van der Waals surface area contributed by atoms with Crippen molar-refractivity contribution in [3.8, 4) is 5.69 Å². The number of likely N-dealkylation sites (tertiary alicyclic amines) is 1. The number of rotatable bonds is 7. The quantitative estimate of drug-likeness (QED) is 0.492. The zero-order valence-corrected chi connectivity index (χ0v) is 19.3. The molecule has 0 N–H and O–H groups in total. The van der Waals surface area contributed by atoms with Crippen LogP contribution in [0.4, 0.5) is 10.1 Å². The van der Waals surface area contributed by atoms with Gasteiger partial charge >= 0.3 is 0 Å². The molecular weight excluding hydrogens is 425 g/mol. The number of para-hydroxylation sites is 1. The summed E-state index contributed by atoms with van der Waals surface area (Å²) < 4.78 is 15.5. The van der Waals surface area contributed by atoms with E-state index in [2.05, 4.69) is 15.1 Å². The molecule has 0 saturated carbocycles. The summed E-state index contributed by atoms with van der Waals surface area (Å²) in [5, 5.41) is 9.14. The maximum absolute atomic E-state index is 13.6. The van der Waals surface area contributed by atoms with Crippen LogP contribution in [0.25, 0.3) is 5.69 Å². The highest BCUT2D eigenvalue weighted by Gasteiger charge is 2.25. The Hall–Kier alpha value is -2.71. The summed E-state index contributed by atoms with van der Waals surface area (Å²) in [6.45, 7) is 4.63. The van der Waals surface area contributed by atoms with Crippen molar-refractivity contribution >= 4 is 23.4 Å². The number of hydrogen-bond donors (Lipinski definition) is 0. The molecule has 3 aromatic rings. The minimum atomic E-state index is -0.369. The highest BCUT2D eigenvalue weighted by Crippen LogP contribution is 2.28. The number of thioether (sulfide) groups is 1. The number of piperidine rings is 1. The van der Waals surface area contributed by atoms with Gasteiger partial charge in [0.2, 0.25) is 5.91 Å². The Kier molecular flexibility index (Phi) is 7.22. The van der Waals surface area contributed by atoms with Crippen LogP contribution in [0.2, 0.25) is 0 Å². The molecule has 1 unspecified atom stereocenters. The number of amides is 1. The van der Waals surface area contributed by atoms with E-state index in [1.54, 1.807) is 24.1 Å². The molecule has 0 spiro atoms. The average Bonchev–Trinajstić information content (AvgIpc) is 3.21. The predicted octanol–water partition coefficient (Wildman–Crippen LogP) is 4.54. The summed E-state index contributed by atoms with van der Waals surface area (Å²) in [6, 6.07) is 15.9. The Morgan fingerprint density at radius 3 is 2.44 bits per heavy atom. The van der Waals surface area contributed by atoms with Crippen LogP contribution in [0.15, 0.2) is 59.8 Å². The number of carbonyl (C=O) groups excluding carboxylic acids is 1. The zero-order valence-electron chi connectivity index (χ0n) is 18.4. The lowest BCUT2D eigenvalue weighted by Gasteiger charge is -2.26. The Morgan fingerprint density at radius 1 is 1.06 bits per heavy atom. The number of halogens is 1. The second kappa shape index (κ2) is 10.3. The van der Waals surface area contributed by atoms with Crippen molar-refractivity contribution in [2.75, 3.05) is 25.0 Å². The molecule has 1 aromatic heterocycles. The normalized spacial score (nSPS) is 15.5. The molecule has 1 saturated heterocycles. The minimum absolute atomic E-state index is 0.0209. The van der Waals surface area contributed by atoms with Gasteiger partial charge in [0.1, 0.15) is 5.82 Å². The van der Waals surface area contributed by atoms with Crippen LogP contribution in [-0.2, 0) is 11.3 Å². The summed E-state index contributed by atoms with van der Waals surface area (Å²) in [5.41, 5.74) is 1.64. The van der Waals surface area contributed by atoms with Gasteiger partial charge in [-0.25, -0.2) is 4.39 Å². The second-order valence-electron chi connectivity index (χ2n) is 8.04. The molecule has 1 aliphatic rings. The molecule has 32 heavy (non-hydrogen) atoms. The molecule has 8 heteroatoms. The summed E-state index contributed by atoms with van der Waals surface area (Å²) in [6.07, 6.45) is 3.63.